The van der Waals surface area contributed by atoms with Crippen LogP contribution < -0.4 is 10.6 Å². The van der Waals surface area contributed by atoms with Crippen molar-refractivity contribution in [3.63, 3.8) is 0 Å². The van der Waals surface area contributed by atoms with E-state index in [1.165, 1.54) is 0 Å². The molecule has 0 saturated carbocycles. The number of hydrogen-bond acceptors (Lipinski definition) is 4. The largest absolute Gasteiger partial charge is 0.362 e. The quantitative estimate of drug-likeness (QED) is 0.286. The van der Waals surface area contributed by atoms with Crippen LogP contribution in [-0.2, 0) is 24.3 Å². The highest BCUT2D eigenvalue weighted by atomic mass is 35.5. The second kappa shape index (κ2) is 13.8. The van der Waals surface area contributed by atoms with Gasteiger partial charge >= 0.3 is 0 Å². The van der Waals surface area contributed by atoms with Crippen molar-refractivity contribution in [2.24, 2.45) is 5.92 Å². The van der Waals surface area contributed by atoms with Crippen LogP contribution in [0, 0.1) is 17.2 Å². The fourth-order valence-corrected chi connectivity index (χ4v) is 4.69. The predicted molar refractivity (Wildman–Crippen MR) is 161 cm³/mol. The number of benzene rings is 2. The summed E-state index contributed by atoms with van der Waals surface area (Å²) in [5.74, 6) is 0.296. The summed E-state index contributed by atoms with van der Waals surface area (Å²) >= 11 is 18.5. The summed E-state index contributed by atoms with van der Waals surface area (Å²) in [6, 6.07) is 15.0. The van der Waals surface area contributed by atoms with Gasteiger partial charge in [0.15, 0.2) is 5.11 Å². The molecule has 0 fully saturated rings. The molecule has 0 bridgehead atoms. The SMILES string of the molecule is CC(C)CNC(=S)N(Cc1cccc(Cl)c1Cl)CC(C)(C)NC(=O)Cc1cncn1Cc1ccc(C#N)cc1. The van der Waals surface area contributed by atoms with Crippen LogP contribution in [0.4, 0.5) is 0 Å². The molecular weight excluding hydrogens is 551 g/mol. The Morgan fingerprint density at radius 3 is 2.59 bits per heavy atom. The summed E-state index contributed by atoms with van der Waals surface area (Å²) in [6.07, 6.45) is 3.59. The van der Waals surface area contributed by atoms with Crippen LogP contribution in [0.15, 0.2) is 55.0 Å². The van der Waals surface area contributed by atoms with E-state index in [9.17, 15) is 4.79 Å². The second-order valence-corrected chi connectivity index (χ2v) is 11.8. The Bertz CT molecular complexity index is 1330. The molecule has 0 aliphatic heterocycles. The molecular formula is C29H34Cl2N6OS. The number of carbonyl (C=O) groups is 1. The lowest BCUT2D eigenvalue weighted by Crippen LogP contribution is -2.54. The molecule has 206 valence electrons. The van der Waals surface area contributed by atoms with Gasteiger partial charge in [0, 0.05) is 38.1 Å². The van der Waals surface area contributed by atoms with E-state index in [4.69, 9.17) is 40.7 Å². The zero-order chi connectivity index (χ0) is 28.6. The first kappa shape index (κ1) is 30.4. The molecule has 2 N–H and O–H groups in total. The zero-order valence-electron chi connectivity index (χ0n) is 22.7. The standard InChI is InChI=1S/C29H34Cl2N6OS/c1-20(2)14-34-28(39)36(17-23-6-5-7-25(30)27(23)31)18-29(3,4)35-26(38)12-24-15-33-19-37(24)16-22-10-8-21(13-32)9-11-22/h5-11,15,19-20H,12,14,16-18H2,1-4H3,(H,34,39)(H,35,38). The maximum absolute atomic E-state index is 13.1. The molecule has 3 rings (SSSR count). The molecule has 1 aromatic heterocycles. The van der Waals surface area contributed by atoms with Crippen LogP contribution in [0.1, 0.15) is 50.1 Å². The van der Waals surface area contributed by atoms with Gasteiger partial charge in [-0.2, -0.15) is 5.26 Å². The number of nitrogens with zero attached hydrogens (tertiary/aromatic N) is 4. The van der Waals surface area contributed by atoms with Gasteiger partial charge in [-0.3, -0.25) is 4.79 Å². The van der Waals surface area contributed by atoms with Gasteiger partial charge in [0.2, 0.25) is 5.91 Å². The van der Waals surface area contributed by atoms with Gasteiger partial charge in [0.1, 0.15) is 0 Å². The minimum absolute atomic E-state index is 0.122. The number of imidazole rings is 1. The van der Waals surface area contributed by atoms with Crippen molar-refractivity contribution in [2.75, 3.05) is 13.1 Å². The maximum Gasteiger partial charge on any atom is 0.226 e. The van der Waals surface area contributed by atoms with Crippen LogP contribution in [0.5, 0.6) is 0 Å². The third kappa shape index (κ3) is 9.24. The van der Waals surface area contributed by atoms with Crippen LogP contribution >= 0.6 is 35.4 Å². The van der Waals surface area contributed by atoms with E-state index in [0.717, 1.165) is 23.4 Å². The number of hydrogen-bond donors (Lipinski definition) is 2. The molecule has 10 heteroatoms. The highest BCUT2D eigenvalue weighted by Gasteiger charge is 2.26. The van der Waals surface area contributed by atoms with Crippen LogP contribution in [0.3, 0.4) is 0 Å². The molecule has 2 aromatic carbocycles. The Kier molecular flexibility index (Phi) is 10.8. The van der Waals surface area contributed by atoms with Gasteiger partial charge < -0.3 is 20.1 Å². The molecule has 0 radical (unpaired) electrons. The normalized spacial score (nSPS) is 11.2. The van der Waals surface area contributed by atoms with Crippen molar-refractivity contribution in [3.8, 4) is 6.07 Å². The zero-order valence-corrected chi connectivity index (χ0v) is 25.0. The lowest BCUT2D eigenvalue weighted by molar-refractivity contribution is -0.122. The number of aromatic nitrogens is 2. The molecule has 3 aromatic rings. The number of halogens is 2. The molecule has 0 unspecified atom stereocenters. The molecule has 0 aliphatic rings. The first-order chi connectivity index (χ1) is 18.5. The molecule has 0 spiro atoms. The van der Waals surface area contributed by atoms with Gasteiger partial charge in [-0.05, 0) is 61.3 Å². The molecule has 1 heterocycles. The van der Waals surface area contributed by atoms with Crippen molar-refractivity contribution < 1.29 is 4.79 Å². The minimum atomic E-state index is -0.607. The fourth-order valence-electron chi connectivity index (χ4n) is 4.10. The van der Waals surface area contributed by atoms with Crippen molar-refractivity contribution in [1.29, 1.82) is 5.26 Å². The Morgan fingerprint density at radius 1 is 1.21 bits per heavy atom. The fraction of sp³-hybridized carbons (Fsp3) is 0.379. The van der Waals surface area contributed by atoms with Crippen molar-refractivity contribution >= 4 is 46.4 Å². The molecule has 0 saturated heterocycles. The average Bonchev–Trinajstić information content (AvgIpc) is 3.30. The van der Waals surface area contributed by atoms with Gasteiger partial charge in [-0.25, -0.2) is 4.98 Å². The highest BCUT2D eigenvalue weighted by Crippen LogP contribution is 2.27. The molecule has 1 amide bonds. The summed E-state index contributed by atoms with van der Waals surface area (Å²) < 4.78 is 1.94. The first-order valence-corrected chi connectivity index (χ1v) is 13.9. The van der Waals surface area contributed by atoms with Gasteiger partial charge in [0.25, 0.3) is 0 Å². The lowest BCUT2D eigenvalue weighted by atomic mass is 10.0. The monoisotopic (exact) mass is 584 g/mol. The van der Waals surface area contributed by atoms with Crippen LogP contribution in [-0.4, -0.2) is 44.1 Å². The van der Waals surface area contributed by atoms with E-state index in [-0.39, 0.29) is 12.3 Å². The van der Waals surface area contributed by atoms with E-state index in [2.05, 4.69) is 35.5 Å². The van der Waals surface area contributed by atoms with Gasteiger partial charge in [0.05, 0.1) is 40.0 Å². The summed E-state index contributed by atoms with van der Waals surface area (Å²) in [5.41, 5.74) is 2.67. The van der Waals surface area contributed by atoms with Gasteiger partial charge in [-0.15, -0.1) is 0 Å². The van der Waals surface area contributed by atoms with Crippen molar-refractivity contribution in [2.45, 2.75) is 52.7 Å². The Labute approximate surface area is 246 Å². The number of nitriles is 1. The minimum Gasteiger partial charge on any atom is -0.362 e. The number of rotatable bonds is 11. The number of nitrogens with one attached hydrogen (secondary N) is 2. The summed E-state index contributed by atoms with van der Waals surface area (Å²) in [5, 5.41) is 17.1. The van der Waals surface area contributed by atoms with E-state index < -0.39 is 5.54 Å². The summed E-state index contributed by atoms with van der Waals surface area (Å²) in [7, 11) is 0. The molecule has 39 heavy (non-hydrogen) atoms. The van der Waals surface area contributed by atoms with E-state index in [1.54, 1.807) is 30.7 Å². The third-order valence-electron chi connectivity index (χ3n) is 5.98. The Balaban J connectivity index is 1.68. The maximum atomic E-state index is 13.1. The second-order valence-electron chi connectivity index (χ2n) is 10.6. The number of thiocarbonyl (C=S) groups is 1. The summed E-state index contributed by atoms with van der Waals surface area (Å²) in [4.78, 5) is 19.4. The molecule has 0 atom stereocenters. The highest BCUT2D eigenvalue weighted by molar-refractivity contribution is 7.80. The third-order valence-corrected chi connectivity index (χ3v) is 7.24. The van der Waals surface area contributed by atoms with Gasteiger partial charge in [-0.1, -0.05) is 61.3 Å². The smallest absolute Gasteiger partial charge is 0.226 e. The molecule has 0 aliphatic carbocycles. The first-order valence-electron chi connectivity index (χ1n) is 12.7. The van der Waals surface area contributed by atoms with E-state index in [0.29, 0.717) is 46.3 Å². The van der Waals surface area contributed by atoms with Crippen LogP contribution in [0.25, 0.3) is 0 Å². The Morgan fingerprint density at radius 2 is 1.92 bits per heavy atom. The van der Waals surface area contributed by atoms with E-state index >= 15 is 0 Å². The summed E-state index contributed by atoms with van der Waals surface area (Å²) in [6.45, 7) is 10.4. The van der Waals surface area contributed by atoms with Crippen molar-refractivity contribution in [3.05, 3.63) is 87.4 Å². The van der Waals surface area contributed by atoms with Crippen LogP contribution in [0.2, 0.25) is 10.0 Å². The lowest BCUT2D eigenvalue weighted by Gasteiger charge is -2.35. The average molecular weight is 586 g/mol. The van der Waals surface area contributed by atoms with Crippen molar-refractivity contribution in [1.82, 2.24) is 25.1 Å². The number of carbonyl (C=O) groups excluding carboxylic acids is 1. The molecule has 7 nitrogen and oxygen atoms in total. The Hall–Kier alpha value is -3.12. The topological polar surface area (TPSA) is 86.0 Å². The van der Waals surface area contributed by atoms with E-state index in [1.807, 2.05) is 47.6 Å². The predicted octanol–water partition coefficient (Wildman–Crippen LogP) is 5.58. The number of amides is 1.